The molecule has 2 heterocycles. The molecule has 2 aliphatic heterocycles. The van der Waals surface area contributed by atoms with Crippen LogP contribution >= 0.6 is 0 Å². The molecule has 7 heteroatoms. The number of piperazine rings is 1. The van der Waals surface area contributed by atoms with E-state index in [1.807, 2.05) is 42.5 Å². The molecule has 1 N–H and O–H groups in total. The lowest BCUT2D eigenvalue weighted by molar-refractivity contribution is -0.160. The largest absolute Gasteiger partial charge is 0.506 e. The number of carbonyl (C=O) groups excluding carboxylic acids is 2. The number of benzene rings is 2. The van der Waals surface area contributed by atoms with E-state index in [0.29, 0.717) is 32.7 Å². The number of aromatic hydroxyl groups is 1. The number of morpholine rings is 1. The Labute approximate surface area is 170 Å². The molecule has 2 fully saturated rings. The van der Waals surface area contributed by atoms with Crippen LogP contribution in [0.1, 0.15) is 5.56 Å². The lowest BCUT2D eigenvalue weighted by atomic mass is 10.1. The van der Waals surface area contributed by atoms with Gasteiger partial charge in [-0.05, 0) is 17.7 Å². The van der Waals surface area contributed by atoms with Gasteiger partial charge in [-0.3, -0.25) is 9.59 Å². The lowest BCUT2D eigenvalue weighted by Crippen LogP contribution is -2.59. The van der Waals surface area contributed by atoms with Crippen LogP contribution in [0.15, 0.2) is 54.6 Å². The molecule has 2 aromatic rings. The minimum absolute atomic E-state index is 0.0116. The molecule has 0 saturated carbocycles. The number of amides is 2. The molecule has 0 spiro atoms. The molecule has 1 atom stereocenters. The molecule has 2 amide bonds. The van der Waals surface area contributed by atoms with E-state index in [2.05, 4.69) is 4.90 Å². The summed E-state index contributed by atoms with van der Waals surface area (Å²) in [4.78, 5) is 31.2. The summed E-state index contributed by atoms with van der Waals surface area (Å²) in [5, 5.41) is 10.1. The third-order valence-corrected chi connectivity index (χ3v) is 5.49. The van der Waals surface area contributed by atoms with Crippen LogP contribution in [0.25, 0.3) is 0 Å². The quantitative estimate of drug-likeness (QED) is 0.849. The minimum Gasteiger partial charge on any atom is -0.506 e. The topological polar surface area (TPSA) is 73.3 Å². The standard InChI is InChI=1S/C22H25N3O4/c26-20-9-5-4-8-18(20)23-10-12-24(13-11-23)22(28)19-15-29-16-21(27)25(19)14-17-6-2-1-3-7-17/h1-9,19,26H,10-16H2/t19-/m0/s1. The van der Waals surface area contributed by atoms with Gasteiger partial charge >= 0.3 is 0 Å². The van der Waals surface area contributed by atoms with Gasteiger partial charge in [0.15, 0.2) is 0 Å². The lowest BCUT2D eigenvalue weighted by Gasteiger charge is -2.41. The summed E-state index contributed by atoms with van der Waals surface area (Å²) >= 11 is 0. The summed E-state index contributed by atoms with van der Waals surface area (Å²) in [7, 11) is 0. The number of hydrogen-bond donors (Lipinski definition) is 1. The van der Waals surface area contributed by atoms with Gasteiger partial charge in [-0.25, -0.2) is 0 Å². The fourth-order valence-electron chi connectivity index (χ4n) is 3.90. The van der Waals surface area contributed by atoms with Crippen molar-refractivity contribution >= 4 is 17.5 Å². The van der Waals surface area contributed by atoms with Gasteiger partial charge in [0.1, 0.15) is 18.4 Å². The second kappa shape index (κ2) is 8.53. The van der Waals surface area contributed by atoms with E-state index in [0.717, 1.165) is 11.3 Å². The first-order valence-electron chi connectivity index (χ1n) is 9.86. The molecule has 29 heavy (non-hydrogen) atoms. The highest BCUT2D eigenvalue weighted by Gasteiger charge is 2.37. The molecular weight excluding hydrogens is 370 g/mol. The van der Waals surface area contributed by atoms with Gasteiger partial charge in [0.25, 0.3) is 0 Å². The Morgan fingerprint density at radius 3 is 2.41 bits per heavy atom. The molecule has 0 aliphatic carbocycles. The molecule has 152 valence electrons. The Morgan fingerprint density at radius 1 is 1.00 bits per heavy atom. The third kappa shape index (κ3) is 4.19. The average molecular weight is 395 g/mol. The number of para-hydroxylation sites is 2. The van der Waals surface area contributed by atoms with Crippen molar-refractivity contribution in [1.82, 2.24) is 9.80 Å². The van der Waals surface area contributed by atoms with Gasteiger partial charge in [-0.1, -0.05) is 42.5 Å². The van der Waals surface area contributed by atoms with Crippen LogP contribution in [0.4, 0.5) is 5.69 Å². The Morgan fingerprint density at radius 2 is 1.69 bits per heavy atom. The summed E-state index contributed by atoms with van der Waals surface area (Å²) in [6.45, 7) is 2.97. The number of anilines is 1. The van der Waals surface area contributed by atoms with Crippen LogP contribution in [0.5, 0.6) is 5.75 Å². The first kappa shape index (κ1) is 19.3. The van der Waals surface area contributed by atoms with E-state index < -0.39 is 6.04 Å². The molecule has 0 unspecified atom stereocenters. The fourth-order valence-corrected chi connectivity index (χ4v) is 3.90. The summed E-state index contributed by atoms with van der Waals surface area (Å²) in [6, 6.07) is 16.3. The average Bonchev–Trinajstić information content (AvgIpc) is 2.76. The van der Waals surface area contributed by atoms with Crippen molar-refractivity contribution in [1.29, 1.82) is 0 Å². The monoisotopic (exact) mass is 395 g/mol. The van der Waals surface area contributed by atoms with Crippen molar-refractivity contribution < 1.29 is 19.4 Å². The van der Waals surface area contributed by atoms with Crippen molar-refractivity contribution in [3.8, 4) is 5.75 Å². The number of ether oxygens (including phenoxy) is 1. The van der Waals surface area contributed by atoms with Gasteiger partial charge in [0.05, 0.1) is 12.3 Å². The molecule has 7 nitrogen and oxygen atoms in total. The normalized spacial score (nSPS) is 20.1. The molecule has 2 saturated heterocycles. The number of phenolic OH excluding ortho intramolecular Hbond substituents is 1. The number of nitrogens with zero attached hydrogens (tertiary/aromatic N) is 3. The zero-order valence-corrected chi connectivity index (χ0v) is 16.2. The van der Waals surface area contributed by atoms with Gasteiger partial charge < -0.3 is 24.5 Å². The van der Waals surface area contributed by atoms with Crippen LogP contribution in [-0.4, -0.2) is 72.2 Å². The van der Waals surface area contributed by atoms with Crippen LogP contribution in [0.3, 0.4) is 0 Å². The van der Waals surface area contributed by atoms with Crippen molar-refractivity contribution in [3.63, 3.8) is 0 Å². The van der Waals surface area contributed by atoms with E-state index in [1.54, 1.807) is 21.9 Å². The summed E-state index contributed by atoms with van der Waals surface area (Å²) in [5.74, 6) is 0.00445. The highest BCUT2D eigenvalue weighted by molar-refractivity contribution is 5.89. The van der Waals surface area contributed by atoms with E-state index >= 15 is 0 Å². The van der Waals surface area contributed by atoms with E-state index in [1.165, 1.54) is 0 Å². The van der Waals surface area contributed by atoms with Crippen molar-refractivity contribution in [2.45, 2.75) is 12.6 Å². The maximum absolute atomic E-state index is 13.2. The first-order valence-corrected chi connectivity index (χ1v) is 9.86. The van der Waals surface area contributed by atoms with Crippen LogP contribution < -0.4 is 4.90 Å². The molecule has 4 rings (SSSR count). The maximum atomic E-state index is 13.2. The third-order valence-electron chi connectivity index (χ3n) is 5.49. The second-order valence-electron chi connectivity index (χ2n) is 7.34. The molecule has 0 bridgehead atoms. The molecule has 2 aromatic carbocycles. The van der Waals surface area contributed by atoms with E-state index in [4.69, 9.17) is 4.74 Å². The van der Waals surface area contributed by atoms with Crippen molar-refractivity contribution in [2.24, 2.45) is 0 Å². The highest BCUT2D eigenvalue weighted by atomic mass is 16.5. The minimum atomic E-state index is -0.604. The molecule has 0 radical (unpaired) electrons. The Balaban J connectivity index is 1.42. The summed E-state index contributed by atoms with van der Waals surface area (Å²) in [5.41, 5.74) is 1.77. The van der Waals surface area contributed by atoms with Gasteiger partial charge in [0, 0.05) is 32.7 Å². The smallest absolute Gasteiger partial charge is 0.249 e. The zero-order chi connectivity index (χ0) is 20.2. The van der Waals surface area contributed by atoms with Gasteiger partial charge in [-0.15, -0.1) is 0 Å². The Kier molecular flexibility index (Phi) is 5.67. The zero-order valence-electron chi connectivity index (χ0n) is 16.2. The maximum Gasteiger partial charge on any atom is 0.249 e. The number of hydrogen-bond acceptors (Lipinski definition) is 5. The van der Waals surface area contributed by atoms with Crippen LogP contribution in [0, 0.1) is 0 Å². The highest BCUT2D eigenvalue weighted by Crippen LogP contribution is 2.27. The van der Waals surface area contributed by atoms with Crippen LogP contribution in [0.2, 0.25) is 0 Å². The predicted octanol–water partition coefficient (Wildman–Crippen LogP) is 1.47. The Hall–Kier alpha value is -3.06. The van der Waals surface area contributed by atoms with E-state index in [-0.39, 0.29) is 30.8 Å². The number of carbonyl (C=O) groups is 2. The summed E-state index contributed by atoms with van der Waals surface area (Å²) in [6.07, 6.45) is 0. The van der Waals surface area contributed by atoms with Crippen molar-refractivity contribution in [2.75, 3.05) is 44.3 Å². The number of rotatable bonds is 4. The fraction of sp³-hybridized carbons (Fsp3) is 0.364. The first-order chi connectivity index (χ1) is 14.1. The van der Waals surface area contributed by atoms with Gasteiger partial charge in [-0.2, -0.15) is 0 Å². The predicted molar refractivity (Wildman–Crippen MR) is 108 cm³/mol. The number of phenols is 1. The second-order valence-corrected chi connectivity index (χ2v) is 7.34. The Bertz CT molecular complexity index is 865. The van der Waals surface area contributed by atoms with Gasteiger partial charge in [0.2, 0.25) is 11.8 Å². The molecule has 2 aliphatic rings. The SMILES string of the molecule is O=C([C@@H]1COCC(=O)N1Cc1ccccc1)N1CCN(c2ccccc2O)CC1. The van der Waals surface area contributed by atoms with E-state index in [9.17, 15) is 14.7 Å². The van der Waals surface area contributed by atoms with Crippen LogP contribution in [-0.2, 0) is 20.9 Å². The molecule has 0 aromatic heterocycles. The molecular formula is C22H25N3O4. The van der Waals surface area contributed by atoms with Crippen molar-refractivity contribution in [3.05, 3.63) is 60.2 Å². The summed E-state index contributed by atoms with van der Waals surface area (Å²) < 4.78 is 5.40.